The molecule has 7 nitrogen and oxygen atoms in total. The molecule has 3 atom stereocenters. The van der Waals surface area contributed by atoms with Gasteiger partial charge in [0, 0.05) is 0 Å². The Kier molecular flexibility index (Phi) is 24.4. The van der Waals surface area contributed by atoms with Gasteiger partial charge in [0.15, 0.2) is 0 Å². The number of aliphatic carboxylic acids is 3. The molecule has 7 heteroatoms. The number of unbranched alkanes of at least 4 members (excludes halogenated alkanes) is 17. The van der Waals surface area contributed by atoms with E-state index in [2.05, 4.69) is 19.1 Å². The van der Waals surface area contributed by atoms with Gasteiger partial charge in [-0.15, -0.1) is 0 Å². The molecule has 0 spiro atoms. The SMILES string of the molecule is CCCCCCCCCCCCCC/C=C/CCCCCCC[N+](CC(C)C(=O)O)(CC(C)C(=O)O)CC(C)C(=O)O. The summed E-state index contributed by atoms with van der Waals surface area (Å²) >= 11 is 0. The highest BCUT2D eigenvalue weighted by molar-refractivity contribution is 5.70. The Balaban J connectivity index is 4.24. The molecule has 3 unspecified atom stereocenters. The third kappa shape index (κ3) is 21.8. The summed E-state index contributed by atoms with van der Waals surface area (Å²) in [6.45, 7) is 8.48. The van der Waals surface area contributed by atoms with Crippen LogP contribution in [0.3, 0.4) is 0 Å². The highest BCUT2D eigenvalue weighted by Gasteiger charge is 2.38. The summed E-state index contributed by atoms with van der Waals surface area (Å²) in [5.41, 5.74) is 0. The molecule has 42 heavy (non-hydrogen) atoms. The molecule has 0 rings (SSSR count). The average Bonchev–Trinajstić information content (AvgIpc) is 2.93. The Hall–Kier alpha value is -1.89. The topological polar surface area (TPSA) is 112 Å². The van der Waals surface area contributed by atoms with E-state index in [4.69, 9.17) is 0 Å². The van der Waals surface area contributed by atoms with Crippen molar-refractivity contribution in [3.63, 3.8) is 0 Å². The summed E-state index contributed by atoms with van der Waals surface area (Å²) < 4.78 is 0.219. The van der Waals surface area contributed by atoms with Crippen LogP contribution in [-0.4, -0.2) is 63.9 Å². The van der Waals surface area contributed by atoms with Crippen LogP contribution in [-0.2, 0) is 14.4 Å². The van der Waals surface area contributed by atoms with Gasteiger partial charge in [0.05, 0.1) is 26.2 Å². The number of hydrogen-bond acceptors (Lipinski definition) is 3. The van der Waals surface area contributed by atoms with Crippen molar-refractivity contribution in [2.24, 2.45) is 17.8 Å². The molecule has 0 amide bonds. The minimum absolute atomic E-state index is 0.219. The first-order chi connectivity index (χ1) is 20.0. The predicted molar refractivity (Wildman–Crippen MR) is 173 cm³/mol. The van der Waals surface area contributed by atoms with Crippen LogP contribution in [0.15, 0.2) is 12.2 Å². The molecule has 0 radical (unpaired) electrons. The molecule has 0 aromatic carbocycles. The number of carboxylic acid groups (broad SMARTS) is 3. The monoisotopic (exact) mass is 596 g/mol. The highest BCUT2D eigenvalue weighted by atomic mass is 16.4. The fraction of sp³-hybridized carbons (Fsp3) is 0.857. The van der Waals surface area contributed by atoms with Gasteiger partial charge in [-0.25, -0.2) is 0 Å². The van der Waals surface area contributed by atoms with Crippen LogP contribution in [0.25, 0.3) is 0 Å². The summed E-state index contributed by atoms with van der Waals surface area (Å²) in [6, 6.07) is 0. The van der Waals surface area contributed by atoms with Crippen LogP contribution in [0.1, 0.15) is 150 Å². The lowest BCUT2D eigenvalue weighted by atomic mass is 10.0. The van der Waals surface area contributed by atoms with Crippen LogP contribution in [0.2, 0.25) is 0 Å². The standard InChI is InChI=1S/C35H65NO6/c1-5-6-7-8-9-10-11-12-13-14-15-16-17-18-19-20-21-22-23-24-25-26-36(27-30(2)33(37)38,28-31(3)34(39)40)29-32(4)35(41)42/h18-19,30-32H,5-17,20-29H2,1-4H3,(H2-,37,38,39,40,41,42)/p+1/b19-18+. The van der Waals surface area contributed by atoms with E-state index in [-0.39, 0.29) is 24.1 Å². The van der Waals surface area contributed by atoms with E-state index in [1.807, 2.05) is 0 Å². The zero-order valence-electron chi connectivity index (χ0n) is 27.7. The fourth-order valence-electron chi connectivity index (χ4n) is 6.05. The second-order valence-electron chi connectivity index (χ2n) is 13.0. The van der Waals surface area contributed by atoms with Crippen molar-refractivity contribution in [1.29, 1.82) is 0 Å². The summed E-state index contributed by atoms with van der Waals surface area (Å²) in [4.78, 5) is 34.9. The maximum absolute atomic E-state index is 11.6. The van der Waals surface area contributed by atoms with Crippen molar-refractivity contribution in [3.8, 4) is 0 Å². The molecule has 246 valence electrons. The smallest absolute Gasteiger partial charge is 0.311 e. The first-order valence-corrected chi connectivity index (χ1v) is 17.2. The summed E-state index contributed by atoms with van der Waals surface area (Å²) in [6.07, 6.45) is 28.6. The lowest BCUT2D eigenvalue weighted by Gasteiger charge is -2.42. The largest absolute Gasteiger partial charge is 0.481 e. The second-order valence-corrected chi connectivity index (χ2v) is 13.0. The Morgan fingerprint density at radius 1 is 0.500 bits per heavy atom. The lowest BCUT2D eigenvalue weighted by molar-refractivity contribution is -0.934. The number of nitrogens with zero attached hydrogens (tertiary/aromatic N) is 1. The van der Waals surface area contributed by atoms with E-state index in [9.17, 15) is 29.7 Å². The van der Waals surface area contributed by atoms with Gasteiger partial charge in [0.1, 0.15) is 17.8 Å². The van der Waals surface area contributed by atoms with Gasteiger partial charge in [-0.3, -0.25) is 14.4 Å². The Labute approximate surface area is 257 Å². The molecule has 3 N–H and O–H groups in total. The zero-order chi connectivity index (χ0) is 31.6. The maximum atomic E-state index is 11.6. The van der Waals surface area contributed by atoms with E-state index in [0.29, 0.717) is 6.54 Å². The van der Waals surface area contributed by atoms with Crippen LogP contribution < -0.4 is 0 Å². The molecule has 0 heterocycles. The van der Waals surface area contributed by atoms with Crippen molar-refractivity contribution in [1.82, 2.24) is 0 Å². The maximum Gasteiger partial charge on any atom is 0.311 e. The molecular formula is C35H66NO6+. The van der Waals surface area contributed by atoms with Crippen molar-refractivity contribution in [3.05, 3.63) is 12.2 Å². The van der Waals surface area contributed by atoms with Crippen LogP contribution in [0.5, 0.6) is 0 Å². The molecular weight excluding hydrogens is 530 g/mol. The van der Waals surface area contributed by atoms with E-state index < -0.39 is 35.7 Å². The van der Waals surface area contributed by atoms with E-state index in [1.165, 1.54) is 83.5 Å². The van der Waals surface area contributed by atoms with Gasteiger partial charge >= 0.3 is 17.9 Å². The third-order valence-electron chi connectivity index (χ3n) is 8.64. The molecule has 0 aromatic heterocycles. The van der Waals surface area contributed by atoms with Crippen molar-refractivity contribution in [2.75, 3.05) is 26.2 Å². The molecule has 0 aliphatic carbocycles. The van der Waals surface area contributed by atoms with Crippen LogP contribution in [0, 0.1) is 17.8 Å². The number of carboxylic acids is 3. The van der Waals surface area contributed by atoms with Gasteiger partial charge in [-0.1, -0.05) is 103 Å². The number of hydrogen-bond donors (Lipinski definition) is 3. The Morgan fingerprint density at radius 3 is 1.10 bits per heavy atom. The third-order valence-corrected chi connectivity index (χ3v) is 8.64. The summed E-state index contributed by atoms with van der Waals surface area (Å²) in [5, 5.41) is 28.6. The van der Waals surface area contributed by atoms with Gasteiger partial charge in [0.2, 0.25) is 0 Å². The molecule has 0 aliphatic rings. The van der Waals surface area contributed by atoms with E-state index in [0.717, 1.165) is 38.5 Å². The van der Waals surface area contributed by atoms with Gasteiger partial charge in [0.25, 0.3) is 0 Å². The normalized spacial score (nSPS) is 15.3. The fourth-order valence-corrected chi connectivity index (χ4v) is 6.05. The lowest BCUT2D eigenvalue weighted by Crippen LogP contribution is -2.57. The van der Waals surface area contributed by atoms with Gasteiger partial charge < -0.3 is 19.8 Å². The van der Waals surface area contributed by atoms with Gasteiger partial charge in [-0.05, 0) is 59.3 Å². The number of carbonyl (C=O) groups is 3. The number of rotatable bonds is 30. The Morgan fingerprint density at radius 2 is 0.786 bits per heavy atom. The highest BCUT2D eigenvalue weighted by Crippen LogP contribution is 2.22. The summed E-state index contributed by atoms with van der Waals surface area (Å²) in [5.74, 6) is -4.82. The number of allylic oxidation sites excluding steroid dienone is 2. The summed E-state index contributed by atoms with van der Waals surface area (Å²) in [7, 11) is 0. The molecule has 0 aliphatic heterocycles. The average molecular weight is 597 g/mol. The minimum Gasteiger partial charge on any atom is -0.481 e. The van der Waals surface area contributed by atoms with Crippen molar-refractivity contribution < 1.29 is 34.2 Å². The molecule has 0 saturated carbocycles. The van der Waals surface area contributed by atoms with Crippen LogP contribution >= 0.6 is 0 Å². The molecule has 0 aromatic rings. The molecule has 0 fully saturated rings. The Bertz CT molecular complexity index is 682. The first kappa shape index (κ1) is 40.1. The van der Waals surface area contributed by atoms with Crippen molar-refractivity contribution in [2.45, 2.75) is 150 Å². The first-order valence-electron chi connectivity index (χ1n) is 17.2. The van der Waals surface area contributed by atoms with Crippen molar-refractivity contribution >= 4 is 17.9 Å². The van der Waals surface area contributed by atoms with Gasteiger partial charge in [-0.2, -0.15) is 0 Å². The molecule has 0 bridgehead atoms. The number of quaternary nitrogens is 1. The van der Waals surface area contributed by atoms with E-state index in [1.54, 1.807) is 20.8 Å². The molecule has 0 saturated heterocycles. The quantitative estimate of drug-likeness (QED) is 0.0433. The van der Waals surface area contributed by atoms with E-state index >= 15 is 0 Å². The van der Waals surface area contributed by atoms with Crippen LogP contribution in [0.4, 0.5) is 0 Å². The zero-order valence-corrected chi connectivity index (χ0v) is 27.7. The minimum atomic E-state index is -0.935. The predicted octanol–water partition coefficient (Wildman–Crippen LogP) is 8.95. The second kappa shape index (κ2) is 25.6.